The highest BCUT2D eigenvalue weighted by atomic mass is 19.1. The van der Waals surface area contributed by atoms with E-state index in [2.05, 4.69) is 0 Å². The van der Waals surface area contributed by atoms with Gasteiger partial charge in [0.2, 0.25) is 5.91 Å². The molecule has 0 fully saturated rings. The number of hydrogen-bond acceptors (Lipinski definition) is 5. The fourth-order valence-corrected chi connectivity index (χ4v) is 1.71. The standard InChI is InChI=1S/C15H18FNO5/c1-3-21-14(19)9-13(18)17(10-15(20)22-4-2)12-7-5-11(16)6-8-12/h5-8H,3-4,9-10H2,1-2H3. The lowest BCUT2D eigenvalue weighted by Crippen LogP contribution is -2.37. The number of hydrogen-bond donors (Lipinski definition) is 0. The van der Waals surface area contributed by atoms with Gasteiger partial charge in [-0.3, -0.25) is 14.4 Å². The highest BCUT2D eigenvalue weighted by molar-refractivity contribution is 6.05. The Balaban J connectivity index is 2.90. The molecule has 0 aromatic heterocycles. The van der Waals surface area contributed by atoms with Crippen LogP contribution in [0.4, 0.5) is 10.1 Å². The Kier molecular flexibility index (Phi) is 7.01. The molecule has 6 nitrogen and oxygen atoms in total. The maximum atomic E-state index is 13.0. The van der Waals surface area contributed by atoms with Crippen molar-refractivity contribution in [1.29, 1.82) is 0 Å². The zero-order chi connectivity index (χ0) is 16.5. The van der Waals surface area contributed by atoms with Gasteiger partial charge in [-0.05, 0) is 38.1 Å². The van der Waals surface area contributed by atoms with Crippen molar-refractivity contribution in [2.75, 3.05) is 24.7 Å². The smallest absolute Gasteiger partial charge is 0.326 e. The number of nitrogens with zero attached hydrogens (tertiary/aromatic N) is 1. The average Bonchev–Trinajstić information content (AvgIpc) is 2.46. The summed E-state index contributed by atoms with van der Waals surface area (Å²) in [5.41, 5.74) is 0.295. The Morgan fingerprint density at radius 1 is 1.00 bits per heavy atom. The second-order valence-corrected chi connectivity index (χ2v) is 4.24. The van der Waals surface area contributed by atoms with Crippen LogP contribution in [0.2, 0.25) is 0 Å². The number of carbonyl (C=O) groups excluding carboxylic acids is 3. The SMILES string of the molecule is CCOC(=O)CC(=O)N(CC(=O)OCC)c1ccc(F)cc1. The molecule has 0 N–H and O–H groups in total. The summed E-state index contributed by atoms with van der Waals surface area (Å²) in [5, 5.41) is 0. The zero-order valence-corrected chi connectivity index (χ0v) is 12.5. The summed E-state index contributed by atoms with van der Waals surface area (Å²) in [4.78, 5) is 36.3. The number of anilines is 1. The van der Waals surface area contributed by atoms with Gasteiger partial charge in [0, 0.05) is 5.69 Å². The number of rotatable bonds is 7. The van der Waals surface area contributed by atoms with E-state index < -0.39 is 30.1 Å². The molecule has 0 heterocycles. The molecule has 0 saturated heterocycles. The lowest BCUT2D eigenvalue weighted by Gasteiger charge is -2.21. The van der Waals surface area contributed by atoms with E-state index in [9.17, 15) is 18.8 Å². The molecular weight excluding hydrogens is 293 g/mol. The molecule has 120 valence electrons. The summed E-state index contributed by atoms with van der Waals surface area (Å²) in [6.07, 6.45) is -0.509. The van der Waals surface area contributed by atoms with E-state index >= 15 is 0 Å². The van der Waals surface area contributed by atoms with Crippen LogP contribution in [0.5, 0.6) is 0 Å². The van der Waals surface area contributed by atoms with E-state index in [0.717, 1.165) is 17.0 Å². The van der Waals surface area contributed by atoms with E-state index in [1.165, 1.54) is 12.1 Å². The third-order valence-corrected chi connectivity index (χ3v) is 2.63. The first-order chi connectivity index (χ1) is 10.5. The van der Waals surface area contributed by atoms with Crippen molar-refractivity contribution in [2.24, 2.45) is 0 Å². The third-order valence-electron chi connectivity index (χ3n) is 2.63. The minimum atomic E-state index is -0.691. The highest BCUT2D eigenvalue weighted by Gasteiger charge is 2.22. The molecule has 22 heavy (non-hydrogen) atoms. The molecule has 0 saturated carbocycles. The van der Waals surface area contributed by atoms with Crippen molar-refractivity contribution in [3.8, 4) is 0 Å². The Hall–Kier alpha value is -2.44. The van der Waals surface area contributed by atoms with Crippen molar-refractivity contribution in [2.45, 2.75) is 20.3 Å². The number of ether oxygens (including phenoxy) is 2. The monoisotopic (exact) mass is 311 g/mol. The van der Waals surface area contributed by atoms with Gasteiger partial charge in [-0.2, -0.15) is 0 Å². The maximum absolute atomic E-state index is 13.0. The van der Waals surface area contributed by atoms with Gasteiger partial charge in [0.1, 0.15) is 18.8 Å². The number of carbonyl (C=O) groups is 3. The molecule has 7 heteroatoms. The molecule has 1 amide bonds. The first kappa shape index (κ1) is 17.6. The first-order valence-electron chi connectivity index (χ1n) is 6.85. The van der Waals surface area contributed by atoms with Crippen molar-refractivity contribution < 1.29 is 28.2 Å². The van der Waals surface area contributed by atoms with Crippen LogP contribution in [0.15, 0.2) is 24.3 Å². The Labute approximate surface area is 127 Å². The van der Waals surface area contributed by atoms with Crippen molar-refractivity contribution >= 4 is 23.5 Å². The van der Waals surface area contributed by atoms with Crippen molar-refractivity contribution in [3.05, 3.63) is 30.1 Å². The number of amides is 1. The van der Waals surface area contributed by atoms with E-state index in [-0.39, 0.29) is 19.8 Å². The summed E-state index contributed by atoms with van der Waals surface area (Å²) in [7, 11) is 0. The maximum Gasteiger partial charge on any atom is 0.326 e. The molecule has 1 aromatic carbocycles. The lowest BCUT2D eigenvalue weighted by atomic mass is 10.2. The fraction of sp³-hybridized carbons (Fsp3) is 0.400. The van der Waals surface area contributed by atoms with Gasteiger partial charge in [-0.15, -0.1) is 0 Å². The Bertz CT molecular complexity index is 529. The summed E-state index contributed by atoms with van der Waals surface area (Å²) in [6.45, 7) is 3.22. The van der Waals surface area contributed by atoms with E-state index in [1.54, 1.807) is 13.8 Å². The number of benzene rings is 1. The summed E-state index contributed by atoms with van der Waals surface area (Å²) >= 11 is 0. The molecular formula is C15H18FNO5. The molecule has 0 aliphatic heterocycles. The van der Waals surface area contributed by atoms with E-state index in [0.29, 0.717) is 5.69 Å². The number of esters is 2. The summed E-state index contributed by atoms with van der Waals surface area (Å²) in [5.74, 6) is -2.41. The van der Waals surface area contributed by atoms with Gasteiger partial charge in [0.15, 0.2) is 0 Å². The Morgan fingerprint density at radius 3 is 2.09 bits per heavy atom. The molecule has 0 aliphatic carbocycles. The van der Waals surface area contributed by atoms with Crippen LogP contribution in [0, 0.1) is 5.82 Å². The molecule has 0 aliphatic rings. The minimum absolute atomic E-state index is 0.153. The quantitative estimate of drug-likeness (QED) is 0.566. The normalized spacial score (nSPS) is 9.95. The van der Waals surface area contributed by atoms with Crippen LogP contribution in [-0.4, -0.2) is 37.6 Å². The molecule has 0 atom stereocenters. The molecule has 0 spiro atoms. The van der Waals surface area contributed by atoms with Crippen LogP contribution >= 0.6 is 0 Å². The predicted molar refractivity (Wildman–Crippen MR) is 76.6 cm³/mol. The van der Waals surface area contributed by atoms with Crippen LogP contribution in [-0.2, 0) is 23.9 Å². The molecule has 1 rings (SSSR count). The molecule has 0 bridgehead atoms. The number of halogens is 1. The van der Waals surface area contributed by atoms with Gasteiger partial charge in [0.25, 0.3) is 0 Å². The zero-order valence-electron chi connectivity index (χ0n) is 12.5. The molecule has 1 aromatic rings. The average molecular weight is 311 g/mol. The van der Waals surface area contributed by atoms with Gasteiger partial charge in [-0.25, -0.2) is 4.39 Å². The van der Waals surface area contributed by atoms with Gasteiger partial charge in [-0.1, -0.05) is 0 Å². The topological polar surface area (TPSA) is 72.9 Å². The minimum Gasteiger partial charge on any atom is -0.466 e. The molecule has 0 unspecified atom stereocenters. The van der Waals surface area contributed by atoms with Crippen LogP contribution in [0.1, 0.15) is 20.3 Å². The van der Waals surface area contributed by atoms with Gasteiger partial charge >= 0.3 is 11.9 Å². The van der Waals surface area contributed by atoms with Crippen molar-refractivity contribution in [3.63, 3.8) is 0 Å². The van der Waals surface area contributed by atoms with E-state index in [1.807, 2.05) is 0 Å². The second kappa shape index (κ2) is 8.76. The van der Waals surface area contributed by atoms with Crippen LogP contribution < -0.4 is 4.90 Å². The highest BCUT2D eigenvalue weighted by Crippen LogP contribution is 2.16. The van der Waals surface area contributed by atoms with Crippen LogP contribution in [0.25, 0.3) is 0 Å². The molecule has 0 radical (unpaired) electrons. The third kappa shape index (κ3) is 5.51. The first-order valence-corrected chi connectivity index (χ1v) is 6.85. The van der Waals surface area contributed by atoms with Gasteiger partial charge < -0.3 is 14.4 Å². The lowest BCUT2D eigenvalue weighted by molar-refractivity contribution is -0.147. The largest absolute Gasteiger partial charge is 0.466 e. The summed E-state index contributed by atoms with van der Waals surface area (Å²) < 4.78 is 22.5. The predicted octanol–water partition coefficient (Wildman–Crippen LogP) is 1.67. The van der Waals surface area contributed by atoms with Crippen molar-refractivity contribution in [1.82, 2.24) is 0 Å². The van der Waals surface area contributed by atoms with Gasteiger partial charge in [0.05, 0.1) is 13.2 Å². The fourth-order valence-electron chi connectivity index (χ4n) is 1.71. The second-order valence-electron chi connectivity index (χ2n) is 4.24. The van der Waals surface area contributed by atoms with Crippen LogP contribution in [0.3, 0.4) is 0 Å². The Morgan fingerprint density at radius 2 is 1.55 bits per heavy atom. The van der Waals surface area contributed by atoms with E-state index in [4.69, 9.17) is 9.47 Å². The summed E-state index contributed by atoms with van der Waals surface area (Å²) in [6, 6.07) is 5.01.